The van der Waals surface area contributed by atoms with Crippen molar-refractivity contribution in [3.05, 3.63) is 0 Å². The molecule has 1 heterocycles. The molecule has 0 saturated carbocycles. The van der Waals surface area contributed by atoms with Crippen LogP contribution >= 0.6 is 0 Å². The van der Waals surface area contributed by atoms with Crippen molar-refractivity contribution in [2.24, 2.45) is 11.7 Å². The van der Waals surface area contributed by atoms with Gasteiger partial charge in [-0.15, -0.1) is 0 Å². The second-order valence-corrected chi connectivity index (χ2v) is 4.40. The van der Waals surface area contributed by atoms with Crippen molar-refractivity contribution in [2.45, 2.75) is 31.7 Å². The molecule has 6 heteroatoms. The minimum atomic E-state index is -1.27. The molecular formula is C11H20N2O4. The summed E-state index contributed by atoms with van der Waals surface area (Å²) in [6.07, 6.45) is 1.81. The number of amides is 1. The minimum Gasteiger partial charge on any atom is -0.479 e. The maximum absolute atomic E-state index is 11.9. The average Bonchev–Trinajstić information content (AvgIpc) is 2.75. The Morgan fingerprint density at radius 1 is 1.59 bits per heavy atom. The molecule has 0 aromatic rings. The third-order valence-corrected chi connectivity index (χ3v) is 3.09. The van der Waals surface area contributed by atoms with Crippen molar-refractivity contribution >= 4 is 11.9 Å². The lowest BCUT2D eigenvalue weighted by molar-refractivity contribution is -0.148. The van der Waals surface area contributed by atoms with Crippen LogP contribution in [0.2, 0.25) is 0 Å². The van der Waals surface area contributed by atoms with Crippen molar-refractivity contribution in [2.75, 3.05) is 19.8 Å². The van der Waals surface area contributed by atoms with Crippen LogP contribution in [0.1, 0.15) is 26.2 Å². The third-order valence-electron chi connectivity index (χ3n) is 3.09. The van der Waals surface area contributed by atoms with E-state index in [9.17, 15) is 14.7 Å². The molecule has 1 saturated heterocycles. The SMILES string of the molecule is CCCC(CN)C(=O)NC1(C(=O)O)CCOC1. The van der Waals surface area contributed by atoms with Gasteiger partial charge in [-0.3, -0.25) is 4.79 Å². The molecule has 0 aromatic carbocycles. The number of aliphatic carboxylic acids is 1. The number of hydrogen-bond acceptors (Lipinski definition) is 4. The van der Waals surface area contributed by atoms with Crippen LogP contribution in [0.25, 0.3) is 0 Å². The van der Waals surface area contributed by atoms with Gasteiger partial charge in [-0.2, -0.15) is 0 Å². The Morgan fingerprint density at radius 2 is 2.29 bits per heavy atom. The Balaban J connectivity index is 2.67. The van der Waals surface area contributed by atoms with Crippen molar-refractivity contribution in [3.8, 4) is 0 Å². The van der Waals surface area contributed by atoms with Gasteiger partial charge in [-0.25, -0.2) is 4.79 Å². The molecule has 4 N–H and O–H groups in total. The lowest BCUT2D eigenvalue weighted by atomic mass is 9.96. The Labute approximate surface area is 101 Å². The standard InChI is InChI=1S/C11H20N2O4/c1-2-3-8(6-12)9(14)13-11(10(15)16)4-5-17-7-11/h8H,2-7,12H2,1H3,(H,13,14)(H,15,16). The molecule has 0 aromatic heterocycles. The van der Waals surface area contributed by atoms with E-state index < -0.39 is 11.5 Å². The Hall–Kier alpha value is -1.14. The average molecular weight is 244 g/mol. The highest BCUT2D eigenvalue weighted by Crippen LogP contribution is 2.20. The zero-order valence-corrected chi connectivity index (χ0v) is 10.1. The first-order valence-electron chi connectivity index (χ1n) is 5.89. The van der Waals surface area contributed by atoms with Crippen molar-refractivity contribution in [1.29, 1.82) is 0 Å². The summed E-state index contributed by atoms with van der Waals surface area (Å²) in [4.78, 5) is 23.1. The number of carboxylic acid groups (broad SMARTS) is 1. The van der Waals surface area contributed by atoms with Gasteiger partial charge in [0.2, 0.25) is 5.91 Å². The van der Waals surface area contributed by atoms with E-state index >= 15 is 0 Å². The second-order valence-electron chi connectivity index (χ2n) is 4.40. The summed E-state index contributed by atoms with van der Waals surface area (Å²) in [6, 6.07) is 0. The van der Waals surface area contributed by atoms with E-state index in [0.29, 0.717) is 19.4 Å². The van der Waals surface area contributed by atoms with E-state index in [1.54, 1.807) is 0 Å². The zero-order valence-electron chi connectivity index (χ0n) is 10.1. The number of ether oxygens (including phenoxy) is 1. The van der Waals surface area contributed by atoms with Gasteiger partial charge >= 0.3 is 5.97 Å². The number of rotatable bonds is 6. The molecule has 2 atom stereocenters. The molecule has 6 nitrogen and oxygen atoms in total. The molecule has 1 rings (SSSR count). The van der Waals surface area contributed by atoms with Gasteiger partial charge in [-0.1, -0.05) is 13.3 Å². The van der Waals surface area contributed by atoms with Crippen molar-refractivity contribution in [3.63, 3.8) is 0 Å². The van der Waals surface area contributed by atoms with Crippen LogP contribution in [0.4, 0.5) is 0 Å². The lowest BCUT2D eigenvalue weighted by Gasteiger charge is -2.26. The third kappa shape index (κ3) is 3.17. The van der Waals surface area contributed by atoms with Gasteiger partial charge < -0.3 is 20.9 Å². The summed E-state index contributed by atoms with van der Waals surface area (Å²) in [5.74, 6) is -1.66. The number of nitrogens with two attached hydrogens (primary N) is 1. The molecule has 17 heavy (non-hydrogen) atoms. The molecule has 0 aliphatic carbocycles. The topological polar surface area (TPSA) is 102 Å². The predicted molar refractivity (Wildman–Crippen MR) is 61.4 cm³/mol. The summed E-state index contributed by atoms with van der Waals surface area (Å²) in [6.45, 7) is 2.57. The predicted octanol–water partition coefficient (Wildman–Crippen LogP) is -0.279. The maximum atomic E-state index is 11.9. The largest absolute Gasteiger partial charge is 0.479 e. The first-order valence-corrected chi connectivity index (χ1v) is 5.89. The fourth-order valence-corrected chi connectivity index (χ4v) is 1.93. The highest BCUT2D eigenvalue weighted by molar-refractivity contribution is 5.88. The molecule has 0 radical (unpaired) electrons. The van der Waals surface area contributed by atoms with Crippen LogP contribution in [-0.4, -0.2) is 42.3 Å². The molecule has 1 amide bonds. The van der Waals surface area contributed by atoms with Gasteiger partial charge in [0, 0.05) is 19.6 Å². The van der Waals surface area contributed by atoms with Crippen LogP contribution in [-0.2, 0) is 14.3 Å². The molecule has 1 aliphatic heterocycles. The number of nitrogens with one attached hydrogen (secondary N) is 1. The van der Waals surface area contributed by atoms with Crippen molar-refractivity contribution in [1.82, 2.24) is 5.32 Å². The van der Waals surface area contributed by atoms with Gasteiger partial charge in [0.25, 0.3) is 0 Å². The van der Waals surface area contributed by atoms with Gasteiger partial charge in [0.1, 0.15) is 0 Å². The monoisotopic (exact) mass is 244 g/mol. The Bertz CT molecular complexity index is 287. The van der Waals surface area contributed by atoms with Gasteiger partial charge in [-0.05, 0) is 6.42 Å². The first-order chi connectivity index (χ1) is 8.05. The molecule has 0 bridgehead atoms. The summed E-state index contributed by atoms with van der Waals surface area (Å²) in [7, 11) is 0. The van der Waals surface area contributed by atoms with E-state index in [1.807, 2.05) is 6.92 Å². The van der Waals surface area contributed by atoms with Crippen LogP contribution < -0.4 is 11.1 Å². The minimum absolute atomic E-state index is 0.0253. The van der Waals surface area contributed by atoms with E-state index in [2.05, 4.69) is 5.32 Å². The first kappa shape index (κ1) is 13.9. The van der Waals surface area contributed by atoms with Crippen LogP contribution in [0.3, 0.4) is 0 Å². The van der Waals surface area contributed by atoms with E-state index in [0.717, 1.165) is 6.42 Å². The number of carbonyl (C=O) groups excluding carboxylic acids is 1. The normalized spacial score (nSPS) is 25.5. The zero-order chi connectivity index (χ0) is 12.9. The number of hydrogen-bond donors (Lipinski definition) is 3. The quantitative estimate of drug-likeness (QED) is 0.596. The summed E-state index contributed by atoms with van der Waals surface area (Å²) in [5, 5.41) is 11.8. The highest BCUT2D eigenvalue weighted by Gasteiger charge is 2.44. The van der Waals surface area contributed by atoms with E-state index in [-0.39, 0.29) is 25.0 Å². The number of carbonyl (C=O) groups is 2. The fraction of sp³-hybridized carbons (Fsp3) is 0.818. The van der Waals surface area contributed by atoms with Crippen molar-refractivity contribution < 1.29 is 19.4 Å². The molecule has 2 unspecified atom stereocenters. The number of carboxylic acids is 1. The molecule has 98 valence electrons. The molecule has 1 aliphatic rings. The Morgan fingerprint density at radius 3 is 2.71 bits per heavy atom. The van der Waals surface area contributed by atoms with Crippen LogP contribution in [0, 0.1) is 5.92 Å². The summed E-state index contributed by atoms with van der Waals surface area (Å²) < 4.78 is 5.07. The van der Waals surface area contributed by atoms with E-state index in [1.165, 1.54) is 0 Å². The van der Waals surface area contributed by atoms with Gasteiger partial charge in [0.05, 0.1) is 12.5 Å². The molecular weight excluding hydrogens is 224 g/mol. The smallest absolute Gasteiger partial charge is 0.331 e. The van der Waals surface area contributed by atoms with Crippen LogP contribution in [0.15, 0.2) is 0 Å². The second kappa shape index (κ2) is 5.97. The molecule has 1 fully saturated rings. The maximum Gasteiger partial charge on any atom is 0.331 e. The Kier molecular flexibility index (Phi) is 4.89. The van der Waals surface area contributed by atoms with Crippen LogP contribution in [0.5, 0.6) is 0 Å². The summed E-state index contributed by atoms with van der Waals surface area (Å²) >= 11 is 0. The summed E-state index contributed by atoms with van der Waals surface area (Å²) in [5.41, 5.74) is 4.25. The fourth-order valence-electron chi connectivity index (χ4n) is 1.93. The van der Waals surface area contributed by atoms with Gasteiger partial charge in [0.15, 0.2) is 5.54 Å². The van der Waals surface area contributed by atoms with E-state index in [4.69, 9.17) is 10.5 Å². The lowest BCUT2D eigenvalue weighted by Crippen LogP contribution is -2.57. The highest BCUT2D eigenvalue weighted by atomic mass is 16.5. The molecule has 0 spiro atoms.